The number of hydrogen-bond acceptors (Lipinski definition) is 4. The lowest BCUT2D eigenvalue weighted by molar-refractivity contribution is -0.138. The lowest BCUT2D eigenvalue weighted by atomic mass is 9.73. The maximum Gasteiger partial charge on any atom is 0.416 e. The second-order valence-electron chi connectivity index (χ2n) is 11.5. The molecule has 0 saturated heterocycles. The summed E-state index contributed by atoms with van der Waals surface area (Å²) in [6.07, 6.45) is -9.26. The van der Waals surface area contributed by atoms with E-state index in [1.807, 2.05) is 0 Å². The van der Waals surface area contributed by atoms with Crippen LogP contribution < -0.4 is 10.5 Å². The minimum atomic E-state index is -4.65. The van der Waals surface area contributed by atoms with E-state index in [9.17, 15) is 40.7 Å². The van der Waals surface area contributed by atoms with E-state index in [1.54, 1.807) is 55.5 Å². The first-order chi connectivity index (χ1) is 22.8. The van der Waals surface area contributed by atoms with Crippen molar-refractivity contribution >= 4 is 22.9 Å². The minimum Gasteiger partial charge on any atom is -0.306 e. The van der Waals surface area contributed by atoms with E-state index in [0.717, 1.165) is 48.5 Å². The van der Waals surface area contributed by atoms with Crippen LogP contribution in [-0.4, -0.2) is 16.1 Å². The van der Waals surface area contributed by atoms with Crippen molar-refractivity contribution in [2.45, 2.75) is 25.2 Å². The fourth-order valence-electron chi connectivity index (χ4n) is 6.49. The Kier molecular flexibility index (Phi) is 7.04. The van der Waals surface area contributed by atoms with Crippen LogP contribution in [-0.2, 0) is 12.4 Å². The van der Waals surface area contributed by atoms with Crippen LogP contribution in [0.25, 0.3) is 5.69 Å². The third-order valence-corrected chi connectivity index (χ3v) is 8.62. The summed E-state index contributed by atoms with van der Waals surface area (Å²) < 4.78 is 82.0. The smallest absolute Gasteiger partial charge is 0.306 e. The van der Waals surface area contributed by atoms with Crippen LogP contribution in [0.2, 0.25) is 0 Å². The zero-order valence-electron chi connectivity index (χ0n) is 24.9. The van der Waals surface area contributed by atoms with Crippen molar-refractivity contribution < 1.29 is 35.9 Å². The Bertz CT molecular complexity index is 2220. The Morgan fingerprint density at radius 3 is 1.65 bits per heavy atom. The predicted octanol–water partition coefficient (Wildman–Crippen LogP) is 8.80. The number of pyridine rings is 1. The summed E-state index contributed by atoms with van der Waals surface area (Å²) in [5, 5.41) is 0. The van der Waals surface area contributed by atoms with E-state index in [2.05, 4.69) is 0 Å². The van der Waals surface area contributed by atoms with E-state index in [4.69, 9.17) is 0 Å². The number of nitrogens with zero attached hydrogens (tertiary/aromatic N) is 2. The molecule has 0 bridgehead atoms. The normalized spacial score (nSPS) is 16.1. The van der Waals surface area contributed by atoms with Crippen LogP contribution in [0.5, 0.6) is 0 Å². The highest BCUT2D eigenvalue weighted by Gasteiger charge is 2.46. The molecule has 2 heterocycles. The average molecular weight is 657 g/mol. The van der Waals surface area contributed by atoms with Crippen molar-refractivity contribution in [2.24, 2.45) is 0 Å². The number of Topliss-reactive ketones (excluding diaryl/α,β-unsaturated/α-hetero) is 2. The fraction of sp³-hybridized carbons (Fsp3) is 0.108. The first-order valence-corrected chi connectivity index (χ1v) is 14.7. The number of aryl methyl sites for hydroxylation is 1. The molecule has 1 aliphatic heterocycles. The molecule has 0 saturated carbocycles. The Morgan fingerprint density at radius 2 is 1.10 bits per heavy atom. The molecule has 0 amide bonds. The van der Waals surface area contributed by atoms with E-state index >= 15 is 0 Å². The van der Waals surface area contributed by atoms with Crippen molar-refractivity contribution in [2.75, 3.05) is 4.90 Å². The van der Waals surface area contributed by atoms with Crippen molar-refractivity contribution in [1.82, 2.24) is 4.57 Å². The molecule has 1 aromatic heterocycles. The van der Waals surface area contributed by atoms with Gasteiger partial charge in [0.2, 0.25) is 5.78 Å². The number of alkyl halides is 6. The number of hydrogen-bond donors (Lipinski definition) is 0. The number of aromatic nitrogens is 1. The molecule has 48 heavy (non-hydrogen) atoms. The molecular weight excluding hydrogens is 634 g/mol. The average Bonchev–Trinajstić information content (AvgIpc) is 3.06. The summed E-state index contributed by atoms with van der Waals surface area (Å²) >= 11 is 0. The summed E-state index contributed by atoms with van der Waals surface area (Å²) in [5.41, 5.74) is -1.34. The van der Waals surface area contributed by atoms with E-state index < -0.39 is 46.5 Å². The number of ketones is 2. The van der Waals surface area contributed by atoms with Crippen molar-refractivity contribution in [1.29, 1.82) is 0 Å². The quantitative estimate of drug-likeness (QED) is 0.182. The van der Waals surface area contributed by atoms with Gasteiger partial charge in [0, 0.05) is 39.7 Å². The number of rotatable bonds is 3. The lowest BCUT2D eigenvalue weighted by Crippen LogP contribution is -2.41. The Morgan fingerprint density at radius 1 is 0.604 bits per heavy atom. The first kappa shape index (κ1) is 30.9. The van der Waals surface area contributed by atoms with Crippen molar-refractivity contribution in [3.63, 3.8) is 0 Å². The Balaban J connectivity index is 1.56. The van der Waals surface area contributed by atoms with Gasteiger partial charge in [0.1, 0.15) is 5.70 Å². The van der Waals surface area contributed by atoms with Gasteiger partial charge >= 0.3 is 12.4 Å². The zero-order chi connectivity index (χ0) is 34.1. The summed E-state index contributed by atoms with van der Waals surface area (Å²) in [6, 6.07) is 24.3. The van der Waals surface area contributed by atoms with Gasteiger partial charge in [0.25, 0.3) is 5.56 Å². The van der Waals surface area contributed by atoms with E-state index in [0.29, 0.717) is 5.56 Å². The largest absolute Gasteiger partial charge is 0.416 e. The van der Waals surface area contributed by atoms with Gasteiger partial charge in [-0.15, -0.1) is 0 Å². The zero-order valence-corrected chi connectivity index (χ0v) is 24.9. The number of allylic oxidation sites excluding steroid dienone is 2. The molecule has 1 atom stereocenters. The number of fused-ring (bicyclic) bond motifs is 2. The van der Waals surface area contributed by atoms with Gasteiger partial charge in [-0.05, 0) is 67.1 Å². The number of benzene rings is 4. The number of carbonyl (C=O) groups is 2. The molecule has 2 aliphatic rings. The predicted molar refractivity (Wildman–Crippen MR) is 166 cm³/mol. The molecule has 5 aromatic rings. The first-order valence-electron chi connectivity index (χ1n) is 14.7. The fourth-order valence-corrected chi connectivity index (χ4v) is 6.49. The third kappa shape index (κ3) is 4.85. The standard InChI is InChI=1S/C37H22F6N2O3/c1-20-19-28-30(35(48)44(20)24-15-11-22(12-16-24)36(38,39)40)29(21-7-3-2-4-8-21)31-32(34(47)27-10-6-5-9-26(27)33(31)46)45(28)25-17-13-23(14-18-25)37(41,42)43/h2-19,29H,1H3. The van der Waals surface area contributed by atoms with E-state index in [1.165, 1.54) is 21.6 Å². The van der Waals surface area contributed by atoms with Crippen LogP contribution in [0.4, 0.5) is 37.7 Å². The SMILES string of the molecule is Cc1cc2c(c(=O)n1-c1ccc(C(F)(F)F)cc1)C(c1ccccc1)C1=C(C(=O)c3ccccc3C1=O)N2c1ccc(C(F)(F)F)cc1. The number of halogens is 6. The molecule has 0 fully saturated rings. The van der Waals surface area contributed by atoms with Crippen LogP contribution in [0, 0.1) is 6.92 Å². The summed E-state index contributed by atoms with van der Waals surface area (Å²) in [4.78, 5) is 44.8. The van der Waals surface area contributed by atoms with Gasteiger partial charge in [-0.25, -0.2) is 0 Å². The molecule has 0 spiro atoms. The lowest BCUT2D eigenvalue weighted by Gasteiger charge is -2.40. The second-order valence-corrected chi connectivity index (χ2v) is 11.5. The van der Waals surface area contributed by atoms with Crippen LogP contribution in [0.1, 0.15) is 54.6 Å². The highest BCUT2D eigenvalue weighted by Crippen LogP contribution is 2.50. The molecule has 1 unspecified atom stereocenters. The molecule has 0 N–H and O–H groups in total. The maximum atomic E-state index is 14.7. The van der Waals surface area contributed by atoms with Gasteiger partial charge in [-0.1, -0.05) is 54.6 Å². The minimum absolute atomic E-state index is 0.0193. The monoisotopic (exact) mass is 656 g/mol. The molecule has 4 aromatic carbocycles. The molecule has 1 aliphatic carbocycles. The van der Waals surface area contributed by atoms with Crippen LogP contribution in [0.15, 0.2) is 125 Å². The van der Waals surface area contributed by atoms with Gasteiger partial charge < -0.3 is 4.90 Å². The van der Waals surface area contributed by atoms with Crippen molar-refractivity contribution in [3.05, 3.63) is 170 Å². The number of carbonyl (C=O) groups excluding carboxylic acids is 2. The summed E-state index contributed by atoms with van der Waals surface area (Å²) in [6.45, 7) is 1.55. The second kappa shape index (κ2) is 10.9. The van der Waals surface area contributed by atoms with Crippen LogP contribution >= 0.6 is 0 Å². The summed E-state index contributed by atoms with van der Waals surface area (Å²) in [7, 11) is 0. The van der Waals surface area contributed by atoms with Crippen LogP contribution in [0.3, 0.4) is 0 Å². The van der Waals surface area contributed by atoms with Gasteiger partial charge in [0.15, 0.2) is 5.78 Å². The topological polar surface area (TPSA) is 59.4 Å². The Labute approximate surface area is 269 Å². The maximum absolute atomic E-state index is 14.7. The molecule has 5 nitrogen and oxygen atoms in total. The number of anilines is 2. The highest BCUT2D eigenvalue weighted by atomic mass is 19.4. The molecule has 11 heteroatoms. The van der Waals surface area contributed by atoms with Gasteiger partial charge in [0.05, 0.1) is 22.4 Å². The Hall–Kier alpha value is -5.71. The molecular formula is C37H22F6N2O3. The molecule has 0 radical (unpaired) electrons. The van der Waals surface area contributed by atoms with Gasteiger partial charge in [-0.3, -0.25) is 19.0 Å². The van der Waals surface area contributed by atoms with Crippen molar-refractivity contribution in [3.8, 4) is 5.69 Å². The van der Waals surface area contributed by atoms with Gasteiger partial charge in [-0.2, -0.15) is 26.3 Å². The molecule has 240 valence electrons. The van der Waals surface area contributed by atoms with E-state index in [-0.39, 0.29) is 50.7 Å². The third-order valence-electron chi connectivity index (χ3n) is 8.62. The summed E-state index contributed by atoms with van der Waals surface area (Å²) in [5.74, 6) is -2.21. The highest BCUT2D eigenvalue weighted by molar-refractivity contribution is 6.30. The molecule has 7 rings (SSSR count).